The number of rotatable bonds is 8. The van der Waals surface area contributed by atoms with Crippen molar-refractivity contribution in [3.8, 4) is 11.4 Å². The maximum atomic E-state index is 12.7. The first-order valence-corrected chi connectivity index (χ1v) is 14.5. The summed E-state index contributed by atoms with van der Waals surface area (Å²) in [4.78, 5) is 17.1. The van der Waals surface area contributed by atoms with Crippen molar-refractivity contribution in [3.05, 3.63) is 100 Å². The van der Waals surface area contributed by atoms with Gasteiger partial charge in [-0.05, 0) is 59.7 Å². The number of hydrogen-bond acceptors (Lipinski definition) is 6. The third-order valence-electron chi connectivity index (χ3n) is 6.45. The molecule has 1 aromatic heterocycles. The van der Waals surface area contributed by atoms with Gasteiger partial charge >= 0.3 is 0 Å². The van der Waals surface area contributed by atoms with Crippen molar-refractivity contribution >= 4 is 21.6 Å². The van der Waals surface area contributed by atoms with Gasteiger partial charge in [-0.1, -0.05) is 74.5 Å². The van der Waals surface area contributed by atoms with E-state index in [4.69, 9.17) is 4.52 Å². The van der Waals surface area contributed by atoms with Gasteiger partial charge in [0.15, 0.2) is 0 Å². The van der Waals surface area contributed by atoms with E-state index in [9.17, 15) is 13.2 Å². The van der Waals surface area contributed by atoms with E-state index in [1.807, 2.05) is 56.3 Å². The Hall–Kier alpha value is -3.98. The molecular formula is C30H34N4O4S. The van der Waals surface area contributed by atoms with Gasteiger partial charge in [-0.2, -0.15) is 4.98 Å². The summed E-state index contributed by atoms with van der Waals surface area (Å²) in [5, 5.41) is 6.82. The van der Waals surface area contributed by atoms with Gasteiger partial charge in [0.1, 0.15) is 0 Å². The Bertz CT molecular complexity index is 1570. The summed E-state index contributed by atoms with van der Waals surface area (Å²) in [5.74, 6) is 0.459. The molecule has 0 saturated heterocycles. The van der Waals surface area contributed by atoms with Crippen LogP contribution in [-0.4, -0.2) is 30.7 Å². The second kappa shape index (κ2) is 11.0. The Kier molecular flexibility index (Phi) is 7.92. The lowest BCUT2D eigenvalue weighted by Crippen LogP contribution is -2.30. The number of carbonyl (C=O) groups is 1. The Morgan fingerprint density at radius 3 is 2.26 bits per heavy atom. The average molecular weight is 547 g/mol. The number of aryl methyl sites for hydroxylation is 2. The van der Waals surface area contributed by atoms with Gasteiger partial charge in [0.25, 0.3) is 5.91 Å². The van der Waals surface area contributed by atoms with Crippen LogP contribution < -0.4 is 9.62 Å². The van der Waals surface area contributed by atoms with Crippen LogP contribution in [0.15, 0.2) is 71.3 Å². The van der Waals surface area contributed by atoms with E-state index in [1.165, 1.54) is 16.1 Å². The Balaban J connectivity index is 1.39. The molecule has 1 amide bonds. The Morgan fingerprint density at radius 1 is 0.974 bits per heavy atom. The van der Waals surface area contributed by atoms with Crippen LogP contribution in [0.4, 0.5) is 5.69 Å². The number of benzene rings is 3. The first-order chi connectivity index (χ1) is 18.3. The first-order valence-electron chi connectivity index (χ1n) is 12.7. The molecule has 0 unspecified atom stereocenters. The third kappa shape index (κ3) is 6.92. The predicted octanol–water partition coefficient (Wildman–Crippen LogP) is 5.55. The van der Waals surface area contributed by atoms with Crippen LogP contribution in [0.3, 0.4) is 0 Å². The van der Waals surface area contributed by atoms with Crippen molar-refractivity contribution in [1.82, 2.24) is 15.5 Å². The van der Waals surface area contributed by atoms with Crippen LogP contribution in [0.1, 0.15) is 59.3 Å². The van der Waals surface area contributed by atoms with Crippen molar-refractivity contribution in [2.45, 2.75) is 53.1 Å². The SMILES string of the molecule is Cc1ccc(C)c(N(Cc2ccc(C(=O)NCc3nc(-c4ccc(C(C)(C)C)cc4)no3)cc2)S(C)(=O)=O)c1. The van der Waals surface area contributed by atoms with Crippen LogP contribution in [0.2, 0.25) is 0 Å². The molecule has 0 aliphatic heterocycles. The Morgan fingerprint density at radius 2 is 1.64 bits per heavy atom. The largest absolute Gasteiger partial charge is 0.343 e. The maximum Gasteiger partial charge on any atom is 0.251 e. The van der Waals surface area contributed by atoms with Crippen molar-refractivity contribution in [2.75, 3.05) is 10.6 Å². The molecule has 4 aromatic rings. The summed E-state index contributed by atoms with van der Waals surface area (Å²) >= 11 is 0. The van der Waals surface area contributed by atoms with E-state index >= 15 is 0 Å². The normalized spacial score (nSPS) is 11.8. The van der Waals surface area contributed by atoms with E-state index in [0.29, 0.717) is 23.0 Å². The topological polar surface area (TPSA) is 105 Å². The molecule has 8 nitrogen and oxygen atoms in total. The fourth-order valence-corrected chi connectivity index (χ4v) is 5.06. The number of nitrogens with zero attached hydrogens (tertiary/aromatic N) is 3. The van der Waals surface area contributed by atoms with Gasteiger partial charge in [-0.3, -0.25) is 9.10 Å². The minimum atomic E-state index is -3.52. The highest BCUT2D eigenvalue weighted by atomic mass is 32.2. The zero-order valence-corrected chi connectivity index (χ0v) is 24.0. The van der Waals surface area contributed by atoms with E-state index in [-0.39, 0.29) is 24.4 Å². The van der Waals surface area contributed by atoms with Crippen molar-refractivity contribution in [2.24, 2.45) is 0 Å². The predicted molar refractivity (Wildman–Crippen MR) is 153 cm³/mol. The molecule has 0 fully saturated rings. The number of aromatic nitrogens is 2. The van der Waals surface area contributed by atoms with Crippen molar-refractivity contribution < 1.29 is 17.7 Å². The van der Waals surface area contributed by atoms with Crippen LogP contribution in [0, 0.1) is 13.8 Å². The lowest BCUT2D eigenvalue weighted by Gasteiger charge is -2.25. The highest BCUT2D eigenvalue weighted by Crippen LogP contribution is 2.27. The lowest BCUT2D eigenvalue weighted by molar-refractivity contribution is 0.0946. The molecule has 0 saturated carbocycles. The summed E-state index contributed by atoms with van der Waals surface area (Å²) in [5.41, 5.74) is 5.79. The van der Waals surface area contributed by atoms with Crippen LogP contribution >= 0.6 is 0 Å². The number of carbonyl (C=O) groups excluding carboxylic acids is 1. The molecular weight excluding hydrogens is 512 g/mol. The van der Waals surface area contributed by atoms with Crippen LogP contribution in [0.25, 0.3) is 11.4 Å². The van der Waals surface area contributed by atoms with Crippen LogP contribution in [0.5, 0.6) is 0 Å². The lowest BCUT2D eigenvalue weighted by atomic mass is 9.87. The first kappa shape index (κ1) is 28.0. The monoisotopic (exact) mass is 546 g/mol. The smallest absolute Gasteiger partial charge is 0.251 e. The number of hydrogen-bond donors (Lipinski definition) is 1. The molecule has 0 atom stereocenters. The quantitative estimate of drug-likeness (QED) is 0.311. The summed E-state index contributed by atoms with van der Waals surface area (Å²) in [6.07, 6.45) is 1.19. The van der Waals surface area contributed by atoms with Gasteiger partial charge < -0.3 is 9.84 Å². The van der Waals surface area contributed by atoms with E-state index in [0.717, 1.165) is 22.3 Å². The van der Waals surface area contributed by atoms with Gasteiger partial charge in [-0.15, -0.1) is 0 Å². The standard InChI is InChI=1S/C30H34N4O4S/c1-20-7-8-21(2)26(17-20)34(39(6,36)37)19-22-9-11-24(12-10-22)29(35)31-18-27-32-28(33-38-27)23-13-15-25(16-14-23)30(3,4)5/h7-17H,18-19H2,1-6H3,(H,31,35). The maximum absolute atomic E-state index is 12.7. The second-order valence-corrected chi connectivity index (χ2v) is 12.7. The van der Waals surface area contributed by atoms with Gasteiger partial charge in [0, 0.05) is 11.1 Å². The molecule has 204 valence electrons. The number of amides is 1. The molecule has 1 heterocycles. The molecule has 0 radical (unpaired) electrons. The highest BCUT2D eigenvalue weighted by molar-refractivity contribution is 7.92. The zero-order chi connectivity index (χ0) is 28.4. The third-order valence-corrected chi connectivity index (χ3v) is 7.58. The summed E-state index contributed by atoms with van der Waals surface area (Å²) in [6.45, 7) is 10.5. The highest BCUT2D eigenvalue weighted by Gasteiger charge is 2.20. The van der Waals surface area contributed by atoms with Crippen molar-refractivity contribution in [3.63, 3.8) is 0 Å². The summed E-state index contributed by atoms with van der Waals surface area (Å²) < 4.78 is 31.9. The molecule has 0 bridgehead atoms. The molecule has 0 aliphatic carbocycles. The average Bonchev–Trinajstić information content (AvgIpc) is 3.36. The van der Waals surface area contributed by atoms with Gasteiger partial charge in [0.2, 0.25) is 21.7 Å². The summed E-state index contributed by atoms with van der Waals surface area (Å²) in [6, 6.07) is 20.6. The molecule has 9 heteroatoms. The van der Waals surface area contributed by atoms with Crippen LogP contribution in [-0.2, 0) is 28.5 Å². The van der Waals surface area contributed by atoms with E-state index < -0.39 is 10.0 Å². The second-order valence-electron chi connectivity index (χ2n) is 10.8. The van der Waals surface area contributed by atoms with Gasteiger partial charge in [0.05, 0.1) is 25.0 Å². The summed E-state index contributed by atoms with van der Waals surface area (Å²) in [7, 11) is -3.52. The molecule has 0 aliphatic rings. The number of nitrogens with one attached hydrogen (secondary N) is 1. The minimum Gasteiger partial charge on any atom is -0.343 e. The number of sulfonamides is 1. The molecule has 0 spiro atoms. The molecule has 3 aromatic carbocycles. The van der Waals surface area contributed by atoms with E-state index in [2.05, 4.69) is 36.2 Å². The molecule has 4 rings (SSSR count). The van der Waals surface area contributed by atoms with Crippen molar-refractivity contribution in [1.29, 1.82) is 0 Å². The fraction of sp³-hybridized carbons (Fsp3) is 0.300. The Labute approximate surface area is 230 Å². The van der Waals surface area contributed by atoms with Gasteiger partial charge in [-0.25, -0.2) is 8.42 Å². The molecule has 1 N–H and O–H groups in total. The number of anilines is 1. The fourth-order valence-electron chi connectivity index (χ4n) is 4.12. The van der Waals surface area contributed by atoms with E-state index in [1.54, 1.807) is 24.3 Å². The zero-order valence-electron chi connectivity index (χ0n) is 23.1. The molecule has 39 heavy (non-hydrogen) atoms. The minimum absolute atomic E-state index is 0.0522.